The minimum Gasteiger partial charge on any atom is -0.492 e. The average Bonchev–Trinajstić information content (AvgIpc) is 3.29. The van der Waals surface area contributed by atoms with Crippen LogP contribution in [0.2, 0.25) is 0 Å². The van der Waals surface area contributed by atoms with Crippen molar-refractivity contribution in [1.82, 2.24) is 20.2 Å². The summed E-state index contributed by atoms with van der Waals surface area (Å²) in [4.78, 5) is 37.0. The van der Waals surface area contributed by atoms with Crippen molar-refractivity contribution in [3.8, 4) is 16.9 Å². The van der Waals surface area contributed by atoms with Crippen LogP contribution >= 0.6 is 0 Å². The van der Waals surface area contributed by atoms with Crippen LogP contribution in [0.3, 0.4) is 0 Å². The summed E-state index contributed by atoms with van der Waals surface area (Å²) in [5, 5.41) is 14.3. The lowest BCUT2D eigenvalue weighted by Crippen LogP contribution is -2.37. The average molecular weight is 533 g/mol. The fourth-order valence-electron chi connectivity index (χ4n) is 4.56. The summed E-state index contributed by atoms with van der Waals surface area (Å²) < 4.78 is 11.0. The number of ether oxygens (including phenoxy) is 2. The summed E-state index contributed by atoms with van der Waals surface area (Å²) >= 11 is 0. The Labute approximate surface area is 226 Å². The highest BCUT2D eigenvalue weighted by Gasteiger charge is 2.35. The van der Waals surface area contributed by atoms with E-state index in [1.54, 1.807) is 0 Å². The minimum atomic E-state index is -1.07. The van der Waals surface area contributed by atoms with Gasteiger partial charge in [0.1, 0.15) is 23.9 Å². The summed E-state index contributed by atoms with van der Waals surface area (Å²) in [5.41, 5.74) is 4.18. The van der Waals surface area contributed by atoms with Gasteiger partial charge in [0.25, 0.3) is 5.91 Å². The van der Waals surface area contributed by atoms with Gasteiger partial charge >= 0.3 is 6.09 Å². The Kier molecular flexibility index (Phi) is 7.78. The van der Waals surface area contributed by atoms with Crippen LogP contribution in [0.15, 0.2) is 48.5 Å². The first kappa shape index (κ1) is 26.2. The topological polar surface area (TPSA) is 129 Å². The van der Waals surface area contributed by atoms with E-state index in [1.165, 1.54) is 0 Å². The second-order valence-electron chi connectivity index (χ2n) is 9.63. The summed E-state index contributed by atoms with van der Waals surface area (Å²) in [6.45, 7) is 7.51. The van der Waals surface area contributed by atoms with Crippen LogP contribution in [0.25, 0.3) is 11.1 Å². The highest BCUT2D eigenvalue weighted by atomic mass is 16.5. The van der Waals surface area contributed by atoms with E-state index in [-0.39, 0.29) is 25.1 Å². The maximum absolute atomic E-state index is 13.1. The minimum absolute atomic E-state index is 0.0591. The molecule has 0 radical (unpaired) electrons. The molecule has 0 saturated carbocycles. The number of nitrogens with zero attached hydrogens (tertiary/aromatic N) is 4. The van der Waals surface area contributed by atoms with Crippen molar-refractivity contribution >= 4 is 29.5 Å². The molecule has 2 aliphatic heterocycles. The van der Waals surface area contributed by atoms with Gasteiger partial charge in [-0.1, -0.05) is 24.3 Å². The van der Waals surface area contributed by atoms with Gasteiger partial charge in [-0.15, -0.1) is 0 Å². The molecule has 2 aromatic carbocycles. The fourth-order valence-corrected chi connectivity index (χ4v) is 4.56. The van der Waals surface area contributed by atoms with E-state index in [4.69, 9.17) is 19.6 Å². The summed E-state index contributed by atoms with van der Waals surface area (Å²) in [7, 11) is 0. The van der Waals surface area contributed by atoms with Gasteiger partial charge in [0, 0.05) is 30.4 Å². The predicted octanol–water partition coefficient (Wildman–Crippen LogP) is 3.73. The van der Waals surface area contributed by atoms with Crippen molar-refractivity contribution in [1.29, 1.82) is 0 Å². The van der Waals surface area contributed by atoms with Gasteiger partial charge in [-0.2, -0.15) is 4.98 Å². The van der Waals surface area contributed by atoms with Crippen molar-refractivity contribution < 1.29 is 24.2 Å². The maximum atomic E-state index is 13.1. The zero-order chi connectivity index (χ0) is 27.4. The fraction of sp³-hybridized carbons (Fsp3) is 0.357. The molecule has 39 heavy (non-hydrogen) atoms. The van der Waals surface area contributed by atoms with Crippen molar-refractivity contribution in [2.45, 2.75) is 26.4 Å². The smallest absolute Gasteiger partial charge is 0.404 e. The molecule has 3 aromatic rings. The van der Waals surface area contributed by atoms with Crippen LogP contribution in [0.5, 0.6) is 5.75 Å². The monoisotopic (exact) mass is 532 g/mol. The zero-order valence-corrected chi connectivity index (χ0v) is 22.0. The van der Waals surface area contributed by atoms with Crippen LogP contribution in [0, 0.1) is 0 Å². The normalized spacial score (nSPS) is 14.9. The second-order valence-corrected chi connectivity index (χ2v) is 9.63. The van der Waals surface area contributed by atoms with Crippen molar-refractivity contribution in [3.05, 3.63) is 59.8 Å². The number of carbonyl (C=O) groups is 2. The first-order valence-corrected chi connectivity index (χ1v) is 13.0. The predicted molar refractivity (Wildman–Crippen MR) is 147 cm³/mol. The Hall–Kier alpha value is -4.38. The van der Waals surface area contributed by atoms with Gasteiger partial charge < -0.3 is 35.0 Å². The number of benzene rings is 2. The third kappa shape index (κ3) is 6.04. The molecule has 1 aromatic heterocycles. The van der Waals surface area contributed by atoms with Crippen LogP contribution in [0.4, 0.5) is 22.2 Å². The molecule has 2 aliphatic rings. The van der Waals surface area contributed by atoms with Gasteiger partial charge in [-0.3, -0.25) is 4.79 Å². The SMILES string of the molecule is CC(C)N1Cc2c(Nc3ccc(-c4ccc(OCCNC(=O)O)cc4)cc3)nc(N3CCOCC3)nc2C1=O. The molecule has 3 N–H and O–H groups in total. The van der Waals surface area contributed by atoms with E-state index in [2.05, 4.69) is 20.5 Å². The number of aromatic nitrogens is 2. The highest BCUT2D eigenvalue weighted by Crippen LogP contribution is 2.33. The van der Waals surface area contributed by atoms with E-state index in [1.807, 2.05) is 67.3 Å². The molecule has 1 saturated heterocycles. The number of fused-ring (bicyclic) bond motifs is 1. The van der Waals surface area contributed by atoms with Gasteiger partial charge in [0.05, 0.1) is 26.3 Å². The number of morpholine rings is 1. The number of amides is 2. The molecular formula is C28H32N6O5. The molecule has 0 unspecified atom stereocenters. The zero-order valence-electron chi connectivity index (χ0n) is 22.0. The molecule has 0 atom stereocenters. The number of rotatable bonds is 9. The van der Waals surface area contributed by atoms with E-state index in [9.17, 15) is 9.59 Å². The molecule has 204 valence electrons. The number of anilines is 3. The number of carbonyl (C=O) groups excluding carboxylic acids is 1. The quantitative estimate of drug-likeness (QED) is 0.353. The summed E-state index contributed by atoms with van der Waals surface area (Å²) in [5.74, 6) is 1.78. The van der Waals surface area contributed by atoms with Crippen molar-refractivity contribution in [2.75, 3.05) is 49.7 Å². The molecular weight excluding hydrogens is 500 g/mol. The number of carboxylic acid groups (broad SMARTS) is 1. The Bertz CT molecular complexity index is 1320. The van der Waals surface area contributed by atoms with Crippen molar-refractivity contribution in [2.24, 2.45) is 0 Å². The number of hydrogen-bond acceptors (Lipinski definition) is 8. The molecule has 11 heteroatoms. The van der Waals surface area contributed by atoms with E-state index < -0.39 is 6.09 Å². The van der Waals surface area contributed by atoms with E-state index >= 15 is 0 Å². The molecule has 11 nitrogen and oxygen atoms in total. The number of nitrogens with one attached hydrogen (secondary N) is 2. The van der Waals surface area contributed by atoms with Gasteiger partial charge in [-0.05, 0) is 49.2 Å². The Balaban J connectivity index is 1.32. The molecule has 0 aliphatic carbocycles. The molecule has 0 spiro atoms. The van der Waals surface area contributed by atoms with Crippen LogP contribution < -0.4 is 20.3 Å². The van der Waals surface area contributed by atoms with Gasteiger partial charge in [0.15, 0.2) is 0 Å². The molecule has 1 fully saturated rings. The second kappa shape index (κ2) is 11.6. The third-order valence-electron chi connectivity index (χ3n) is 6.69. The molecule has 5 rings (SSSR count). The summed E-state index contributed by atoms with van der Waals surface area (Å²) in [6, 6.07) is 15.7. The van der Waals surface area contributed by atoms with Gasteiger partial charge in [0.2, 0.25) is 5.95 Å². The standard InChI is InChI=1S/C28H32N6O5/c1-18(2)34-17-23-24(26(34)35)31-27(33-12-15-38-16-13-33)32-25(23)30-21-7-3-19(4-8-21)20-5-9-22(10-6-20)39-14-11-29-28(36)37/h3-10,18,29H,11-17H2,1-2H3,(H,36,37)(H,30,31,32). The van der Waals surface area contributed by atoms with E-state index in [0.29, 0.717) is 56.1 Å². The lowest BCUT2D eigenvalue weighted by atomic mass is 10.1. The van der Waals surface area contributed by atoms with Crippen LogP contribution in [-0.2, 0) is 11.3 Å². The Morgan fingerprint density at radius 2 is 1.72 bits per heavy atom. The van der Waals surface area contributed by atoms with Crippen LogP contribution in [-0.4, -0.2) is 77.5 Å². The first-order chi connectivity index (χ1) is 18.9. The Morgan fingerprint density at radius 3 is 2.36 bits per heavy atom. The van der Waals surface area contributed by atoms with E-state index in [0.717, 1.165) is 22.4 Å². The first-order valence-electron chi connectivity index (χ1n) is 13.0. The number of hydrogen-bond donors (Lipinski definition) is 3. The molecule has 2 amide bonds. The lowest BCUT2D eigenvalue weighted by Gasteiger charge is -2.27. The van der Waals surface area contributed by atoms with Crippen molar-refractivity contribution in [3.63, 3.8) is 0 Å². The maximum Gasteiger partial charge on any atom is 0.404 e. The highest BCUT2D eigenvalue weighted by molar-refractivity contribution is 5.98. The lowest BCUT2D eigenvalue weighted by molar-refractivity contribution is 0.0726. The van der Waals surface area contributed by atoms with Crippen LogP contribution in [0.1, 0.15) is 29.9 Å². The summed E-state index contributed by atoms with van der Waals surface area (Å²) in [6.07, 6.45) is -1.07. The molecule has 3 heterocycles. The molecule has 0 bridgehead atoms. The largest absolute Gasteiger partial charge is 0.492 e. The van der Waals surface area contributed by atoms with Gasteiger partial charge in [-0.25, -0.2) is 9.78 Å². The Morgan fingerprint density at radius 1 is 1.05 bits per heavy atom. The third-order valence-corrected chi connectivity index (χ3v) is 6.69.